The molecule has 0 saturated carbocycles. The van der Waals surface area contributed by atoms with Gasteiger partial charge in [0, 0.05) is 19.1 Å². The van der Waals surface area contributed by atoms with Crippen LogP contribution in [0.5, 0.6) is 0 Å². The molecule has 2 N–H and O–H groups in total. The van der Waals surface area contributed by atoms with Crippen LogP contribution in [0.4, 0.5) is 0 Å². The van der Waals surface area contributed by atoms with E-state index in [9.17, 15) is 4.79 Å². The van der Waals surface area contributed by atoms with Crippen molar-refractivity contribution in [1.82, 2.24) is 5.32 Å². The van der Waals surface area contributed by atoms with Gasteiger partial charge in [-0.3, -0.25) is 4.79 Å². The predicted molar refractivity (Wildman–Crippen MR) is 72.9 cm³/mol. The fourth-order valence-corrected chi connectivity index (χ4v) is 2.44. The molecule has 4 nitrogen and oxygen atoms in total. The molecule has 0 spiro atoms. The molecular weight excluding hydrogens is 242 g/mol. The number of aliphatic hydroxyl groups excluding tert-OH is 1. The highest BCUT2D eigenvalue weighted by atomic mass is 16.5. The van der Waals surface area contributed by atoms with Gasteiger partial charge in [-0.15, -0.1) is 0 Å². The topological polar surface area (TPSA) is 58.6 Å². The molecule has 1 aliphatic carbocycles. The van der Waals surface area contributed by atoms with E-state index < -0.39 is 0 Å². The van der Waals surface area contributed by atoms with Gasteiger partial charge in [-0.05, 0) is 30.4 Å². The zero-order valence-corrected chi connectivity index (χ0v) is 11.1. The molecule has 1 amide bonds. The number of carbonyl (C=O) groups excluding carboxylic acids is 1. The van der Waals surface area contributed by atoms with Crippen molar-refractivity contribution in [3.8, 4) is 0 Å². The van der Waals surface area contributed by atoms with Gasteiger partial charge in [0.1, 0.15) is 0 Å². The van der Waals surface area contributed by atoms with Crippen LogP contribution in [0.1, 0.15) is 17.5 Å². The molecule has 0 bridgehead atoms. The number of ether oxygens (including phenoxy) is 1. The highest BCUT2D eigenvalue weighted by Crippen LogP contribution is 2.26. The number of rotatable bonds is 7. The lowest BCUT2D eigenvalue weighted by molar-refractivity contribution is -0.124. The summed E-state index contributed by atoms with van der Waals surface area (Å²) in [5.74, 6) is 0.217. The molecule has 0 atom stereocenters. The van der Waals surface area contributed by atoms with Gasteiger partial charge in [0.25, 0.3) is 0 Å². The first-order valence-corrected chi connectivity index (χ1v) is 6.84. The molecule has 0 fully saturated rings. The Morgan fingerprint density at radius 3 is 2.58 bits per heavy atom. The molecule has 0 unspecified atom stereocenters. The molecule has 104 valence electrons. The highest BCUT2D eigenvalue weighted by molar-refractivity contribution is 5.80. The molecule has 1 aromatic rings. The largest absolute Gasteiger partial charge is 0.394 e. The van der Waals surface area contributed by atoms with Crippen LogP contribution >= 0.6 is 0 Å². The molecular formula is C15H21NO3. The Labute approximate surface area is 113 Å². The summed E-state index contributed by atoms with van der Waals surface area (Å²) in [7, 11) is 0. The Bertz CT molecular complexity index is 395. The minimum Gasteiger partial charge on any atom is -0.394 e. The van der Waals surface area contributed by atoms with E-state index >= 15 is 0 Å². The van der Waals surface area contributed by atoms with Crippen molar-refractivity contribution in [2.45, 2.75) is 19.3 Å². The minimum atomic E-state index is 0.0483. The lowest BCUT2D eigenvalue weighted by Gasteiger charge is -2.10. The summed E-state index contributed by atoms with van der Waals surface area (Å²) >= 11 is 0. The predicted octanol–water partition coefficient (Wildman–Crippen LogP) is 0.917. The lowest BCUT2D eigenvalue weighted by atomic mass is 10.1. The van der Waals surface area contributed by atoms with Crippen molar-refractivity contribution in [3.63, 3.8) is 0 Å². The van der Waals surface area contributed by atoms with Crippen molar-refractivity contribution in [1.29, 1.82) is 0 Å². The quantitative estimate of drug-likeness (QED) is 0.719. The van der Waals surface area contributed by atoms with Crippen molar-refractivity contribution in [3.05, 3.63) is 35.4 Å². The summed E-state index contributed by atoms with van der Waals surface area (Å²) in [6, 6.07) is 8.26. The van der Waals surface area contributed by atoms with E-state index in [0.29, 0.717) is 19.8 Å². The molecule has 0 heterocycles. The molecule has 0 radical (unpaired) electrons. The molecule has 1 aromatic carbocycles. The number of nitrogens with one attached hydrogen (secondary N) is 1. The Morgan fingerprint density at radius 2 is 1.95 bits per heavy atom. The summed E-state index contributed by atoms with van der Waals surface area (Å²) in [6.45, 7) is 1.63. The van der Waals surface area contributed by atoms with Crippen molar-refractivity contribution >= 4 is 5.91 Å². The zero-order valence-electron chi connectivity index (χ0n) is 11.1. The second-order valence-electron chi connectivity index (χ2n) is 4.85. The van der Waals surface area contributed by atoms with Crippen LogP contribution in [-0.4, -0.2) is 37.4 Å². The maximum Gasteiger partial charge on any atom is 0.223 e. The van der Waals surface area contributed by atoms with Gasteiger partial charge < -0.3 is 15.2 Å². The fourth-order valence-electron chi connectivity index (χ4n) is 2.44. The Morgan fingerprint density at radius 1 is 1.26 bits per heavy atom. The van der Waals surface area contributed by atoms with Crippen LogP contribution < -0.4 is 5.32 Å². The third kappa shape index (κ3) is 4.04. The summed E-state index contributed by atoms with van der Waals surface area (Å²) in [5, 5.41) is 11.5. The zero-order chi connectivity index (χ0) is 13.5. The Hall–Kier alpha value is -1.39. The van der Waals surface area contributed by atoms with Crippen molar-refractivity contribution < 1.29 is 14.6 Å². The Kier molecular flexibility index (Phi) is 5.36. The average molecular weight is 263 g/mol. The van der Waals surface area contributed by atoms with Crippen molar-refractivity contribution in [2.24, 2.45) is 5.92 Å². The molecule has 0 aromatic heterocycles. The fraction of sp³-hybridized carbons (Fsp3) is 0.533. The van der Waals surface area contributed by atoms with Gasteiger partial charge in [0.15, 0.2) is 0 Å². The van der Waals surface area contributed by atoms with Crippen LogP contribution in [0.3, 0.4) is 0 Å². The van der Waals surface area contributed by atoms with E-state index in [4.69, 9.17) is 9.84 Å². The second kappa shape index (κ2) is 7.26. The van der Waals surface area contributed by atoms with E-state index in [2.05, 4.69) is 17.4 Å². The van der Waals surface area contributed by atoms with Gasteiger partial charge >= 0.3 is 0 Å². The van der Waals surface area contributed by atoms with Gasteiger partial charge in [0.2, 0.25) is 5.91 Å². The van der Waals surface area contributed by atoms with Gasteiger partial charge in [-0.2, -0.15) is 0 Å². The van der Waals surface area contributed by atoms with Crippen molar-refractivity contribution in [2.75, 3.05) is 26.4 Å². The lowest BCUT2D eigenvalue weighted by Crippen LogP contribution is -2.32. The van der Waals surface area contributed by atoms with E-state index in [-0.39, 0.29) is 18.4 Å². The van der Waals surface area contributed by atoms with Crippen LogP contribution in [0, 0.1) is 5.92 Å². The third-order valence-corrected chi connectivity index (χ3v) is 3.42. The van der Waals surface area contributed by atoms with Crippen LogP contribution in [0.15, 0.2) is 24.3 Å². The SMILES string of the molecule is O=C(NCCCOCCO)C1Cc2ccccc2C1. The molecule has 2 rings (SSSR count). The van der Waals surface area contributed by atoms with E-state index in [1.807, 2.05) is 12.1 Å². The number of amides is 1. The monoisotopic (exact) mass is 263 g/mol. The number of carbonyl (C=O) groups is 1. The standard InChI is InChI=1S/C15H21NO3/c17-7-9-19-8-3-6-16-15(18)14-10-12-4-1-2-5-13(12)11-14/h1-2,4-5,14,17H,3,6-11H2,(H,16,18). The molecule has 19 heavy (non-hydrogen) atoms. The number of aliphatic hydroxyl groups is 1. The summed E-state index contributed by atoms with van der Waals surface area (Å²) in [5.41, 5.74) is 2.60. The number of fused-ring (bicyclic) bond motifs is 1. The molecule has 0 aliphatic heterocycles. The minimum absolute atomic E-state index is 0.0483. The van der Waals surface area contributed by atoms with Gasteiger partial charge in [-0.1, -0.05) is 24.3 Å². The highest BCUT2D eigenvalue weighted by Gasteiger charge is 2.26. The average Bonchev–Trinajstić information content (AvgIpc) is 2.86. The maximum atomic E-state index is 12.0. The smallest absolute Gasteiger partial charge is 0.223 e. The first-order chi connectivity index (χ1) is 9.31. The number of hydrogen-bond donors (Lipinski definition) is 2. The van der Waals surface area contributed by atoms with Gasteiger partial charge in [0.05, 0.1) is 13.2 Å². The first kappa shape index (κ1) is 14.0. The second-order valence-corrected chi connectivity index (χ2v) is 4.85. The Balaban J connectivity index is 1.66. The van der Waals surface area contributed by atoms with Crippen LogP contribution in [-0.2, 0) is 22.4 Å². The normalized spacial score (nSPS) is 14.4. The number of hydrogen-bond acceptors (Lipinski definition) is 3. The van der Waals surface area contributed by atoms with E-state index in [1.54, 1.807) is 0 Å². The maximum absolute atomic E-state index is 12.0. The molecule has 1 aliphatic rings. The summed E-state index contributed by atoms with van der Waals surface area (Å²) in [6.07, 6.45) is 2.48. The third-order valence-electron chi connectivity index (χ3n) is 3.42. The molecule has 0 saturated heterocycles. The first-order valence-electron chi connectivity index (χ1n) is 6.84. The van der Waals surface area contributed by atoms with E-state index in [1.165, 1.54) is 11.1 Å². The molecule has 4 heteroatoms. The summed E-state index contributed by atoms with van der Waals surface area (Å²) in [4.78, 5) is 12.0. The summed E-state index contributed by atoms with van der Waals surface area (Å²) < 4.78 is 5.14. The van der Waals surface area contributed by atoms with Crippen LogP contribution in [0.2, 0.25) is 0 Å². The van der Waals surface area contributed by atoms with Crippen LogP contribution in [0.25, 0.3) is 0 Å². The van der Waals surface area contributed by atoms with E-state index in [0.717, 1.165) is 19.3 Å². The number of benzene rings is 1. The van der Waals surface area contributed by atoms with Gasteiger partial charge in [-0.25, -0.2) is 0 Å².